The predicted molar refractivity (Wildman–Crippen MR) is 76.0 cm³/mol. The Bertz CT molecular complexity index is 559. The third-order valence-corrected chi connectivity index (χ3v) is 4.06. The van der Waals surface area contributed by atoms with Crippen molar-refractivity contribution in [1.29, 1.82) is 0 Å². The third kappa shape index (κ3) is 2.87. The second-order valence-corrected chi connectivity index (χ2v) is 6.84. The van der Waals surface area contributed by atoms with Crippen LogP contribution in [0.15, 0.2) is 0 Å². The summed E-state index contributed by atoms with van der Waals surface area (Å²) < 4.78 is 5.31. The molecule has 0 fully saturated rings. The van der Waals surface area contributed by atoms with Crippen molar-refractivity contribution in [2.75, 3.05) is 12.3 Å². The highest BCUT2D eigenvalue weighted by Crippen LogP contribution is 2.35. The van der Waals surface area contributed by atoms with Crippen LogP contribution < -0.4 is 5.73 Å². The first-order valence-electron chi connectivity index (χ1n) is 6.30. The quantitative estimate of drug-likeness (QED) is 0.830. The Morgan fingerprint density at radius 3 is 2.60 bits per heavy atom. The lowest BCUT2D eigenvalue weighted by molar-refractivity contribution is 0.0223. The van der Waals surface area contributed by atoms with Crippen LogP contribution in [-0.2, 0) is 17.7 Å². The van der Waals surface area contributed by atoms with E-state index in [1.807, 2.05) is 0 Å². The first-order valence-corrected chi connectivity index (χ1v) is 7.12. The molecule has 1 aromatic rings. The van der Waals surface area contributed by atoms with Gasteiger partial charge in [-0.3, -0.25) is 0 Å². The predicted octanol–water partition coefficient (Wildman–Crippen LogP) is 2.32. The average Bonchev–Trinajstić information content (AvgIpc) is 2.61. The van der Waals surface area contributed by atoms with Gasteiger partial charge in [0.25, 0.3) is 0 Å². The van der Waals surface area contributed by atoms with Crippen molar-refractivity contribution >= 4 is 28.4 Å². The average molecular weight is 298 g/mol. The second-order valence-electron chi connectivity index (χ2n) is 5.70. The van der Waals surface area contributed by atoms with Crippen molar-refractivity contribution in [3.8, 4) is 0 Å². The second kappa shape index (κ2) is 4.97. The van der Waals surface area contributed by atoms with Crippen LogP contribution in [0.25, 0.3) is 0 Å². The molecule has 3 N–H and O–H groups in total. The van der Waals surface area contributed by atoms with Gasteiger partial charge in [0.15, 0.2) is 0 Å². The minimum absolute atomic E-state index is 0.123. The van der Waals surface area contributed by atoms with Crippen molar-refractivity contribution in [3.05, 3.63) is 16.0 Å². The number of carboxylic acid groups (broad SMARTS) is 1. The standard InChI is InChI=1S/C13H18N2O4S/c1-13(2,3)19-12(18)15-5-4-8-7(6-15)9(11(16)17)10(14)20-8/h4-6,14H2,1-3H3,(H,16,17). The summed E-state index contributed by atoms with van der Waals surface area (Å²) in [5.41, 5.74) is 5.94. The Morgan fingerprint density at radius 2 is 2.05 bits per heavy atom. The van der Waals surface area contributed by atoms with Gasteiger partial charge in [-0.1, -0.05) is 0 Å². The van der Waals surface area contributed by atoms with E-state index in [0.29, 0.717) is 23.5 Å². The van der Waals surface area contributed by atoms with Gasteiger partial charge in [0.2, 0.25) is 0 Å². The Labute approximate surface area is 121 Å². The SMILES string of the molecule is CC(C)(C)OC(=O)N1CCc2sc(N)c(C(=O)O)c2C1. The van der Waals surface area contributed by atoms with Crippen molar-refractivity contribution in [2.45, 2.75) is 39.3 Å². The Hall–Kier alpha value is -1.76. The first-order chi connectivity index (χ1) is 9.19. The summed E-state index contributed by atoms with van der Waals surface area (Å²) in [5.74, 6) is -1.05. The fraction of sp³-hybridized carbons (Fsp3) is 0.538. The van der Waals surface area contributed by atoms with Gasteiger partial charge < -0.3 is 20.5 Å². The zero-order chi connectivity index (χ0) is 15.1. The van der Waals surface area contributed by atoms with Crippen molar-refractivity contribution in [3.63, 3.8) is 0 Å². The summed E-state index contributed by atoms with van der Waals surface area (Å²) in [6.07, 6.45) is 0.181. The maximum absolute atomic E-state index is 12.0. The molecular weight excluding hydrogens is 280 g/mol. The Morgan fingerprint density at radius 1 is 1.40 bits per heavy atom. The summed E-state index contributed by atoms with van der Waals surface area (Å²) >= 11 is 1.29. The van der Waals surface area contributed by atoms with Crippen LogP contribution in [0.5, 0.6) is 0 Å². The minimum atomic E-state index is -1.05. The van der Waals surface area contributed by atoms with Crippen LogP contribution in [0.1, 0.15) is 41.6 Å². The number of nitrogens with zero attached hydrogens (tertiary/aromatic N) is 1. The fourth-order valence-electron chi connectivity index (χ4n) is 2.13. The number of carbonyl (C=O) groups excluding carboxylic acids is 1. The molecule has 1 aliphatic heterocycles. The van der Waals surface area contributed by atoms with Gasteiger partial charge in [0.05, 0.1) is 12.1 Å². The number of anilines is 1. The van der Waals surface area contributed by atoms with E-state index >= 15 is 0 Å². The molecule has 0 saturated heterocycles. The molecule has 0 atom stereocenters. The fourth-order valence-corrected chi connectivity index (χ4v) is 3.19. The van der Waals surface area contributed by atoms with Gasteiger partial charge in [0.1, 0.15) is 10.6 Å². The minimum Gasteiger partial charge on any atom is -0.478 e. The maximum Gasteiger partial charge on any atom is 0.410 e. The topological polar surface area (TPSA) is 92.9 Å². The van der Waals surface area contributed by atoms with Crippen molar-refractivity contribution < 1.29 is 19.4 Å². The third-order valence-electron chi connectivity index (χ3n) is 2.94. The number of nitrogen functional groups attached to an aromatic ring is 1. The van der Waals surface area contributed by atoms with Gasteiger partial charge >= 0.3 is 12.1 Å². The lowest BCUT2D eigenvalue weighted by Crippen LogP contribution is -2.39. The number of amides is 1. The van der Waals surface area contributed by atoms with Crippen molar-refractivity contribution in [1.82, 2.24) is 4.90 Å². The van der Waals surface area contributed by atoms with Gasteiger partial charge in [-0.2, -0.15) is 0 Å². The number of carboxylic acids is 1. The zero-order valence-corrected chi connectivity index (χ0v) is 12.5. The molecule has 20 heavy (non-hydrogen) atoms. The number of rotatable bonds is 1. The van der Waals surface area contributed by atoms with Crippen LogP contribution >= 0.6 is 11.3 Å². The molecule has 0 unspecified atom stereocenters. The van der Waals surface area contributed by atoms with Gasteiger partial charge in [-0.05, 0) is 27.2 Å². The summed E-state index contributed by atoms with van der Waals surface area (Å²) in [6, 6.07) is 0. The molecule has 2 rings (SSSR count). The monoisotopic (exact) mass is 298 g/mol. The summed E-state index contributed by atoms with van der Waals surface area (Å²) in [4.78, 5) is 25.8. The van der Waals surface area contributed by atoms with Crippen LogP contribution in [0.2, 0.25) is 0 Å². The maximum atomic E-state index is 12.0. The molecule has 7 heteroatoms. The number of hydrogen-bond donors (Lipinski definition) is 2. The largest absolute Gasteiger partial charge is 0.478 e. The van der Waals surface area contributed by atoms with E-state index in [0.717, 1.165) is 4.88 Å². The van der Waals surface area contributed by atoms with E-state index in [2.05, 4.69) is 0 Å². The Balaban J connectivity index is 2.22. The van der Waals surface area contributed by atoms with Crippen LogP contribution in [0.3, 0.4) is 0 Å². The summed E-state index contributed by atoms with van der Waals surface area (Å²) in [5, 5.41) is 9.51. The Kier molecular flexibility index (Phi) is 3.64. The van der Waals surface area contributed by atoms with Crippen LogP contribution in [0.4, 0.5) is 9.80 Å². The highest BCUT2D eigenvalue weighted by molar-refractivity contribution is 7.16. The molecule has 2 heterocycles. The first kappa shape index (κ1) is 14.6. The molecule has 0 saturated carbocycles. The van der Waals surface area contributed by atoms with Gasteiger partial charge in [-0.15, -0.1) is 11.3 Å². The molecule has 0 radical (unpaired) electrons. The van der Waals surface area contributed by atoms with E-state index in [9.17, 15) is 14.7 Å². The molecule has 0 spiro atoms. The highest BCUT2D eigenvalue weighted by Gasteiger charge is 2.31. The van der Waals surface area contributed by atoms with E-state index in [-0.39, 0.29) is 12.1 Å². The van der Waals surface area contributed by atoms with Crippen molar-refractivity contribution in [2.24, 2.45) is 0 Å². The number of thiophene rings is 1. The van der Waals surface area contributed by atoms with E-state index in [1.54, 1.807) is 20.8 Å². The van der Waals surface area contributed by atoms with E-state index < -0.39 is 17.7 Å². The molecule has 6 nitrogen and oxygen atoms in total. The molecule has 0 aromatic carbocycles. The molecule has 1 amide bonds. The number of nitrogens with two attached hydrogens (primary N) is 1. The van der Waals surface area contributed by atoms with Crippen LogP contribution in [0, 0.1) is 0 Å². The number of aromatic carboxylic acids is 1. The molecule has 110 valence electrons. The lowest BCUT2D eigenvalue weighted by atomic mass is 10.0. The number of hydrogen-bond acceptors (Lipinski definition) is 5. The van der Waals surface area contributed by atoms with Gasteiger partial charge in [-0.25, -0.2) is 9.59 Å². The molecule has 0 aliphatic carbocycles. The smallest absolute Gasteiger partial charge is 0.410 e. The number of ether oxygens (including phenoxy) is 1. The van der Waals surface area contributed by atoms with Gasteiger partial charge in [0, 0.05) is 17.0 Å². The summed E-state index contributed by atoms with van der Waals surface area (Å²) in [6.45, 7) is 6.14. The molecule has 1 aliphatic rings. The summed E-state index contributed by atoms with van der Waals surface area (Å²) in [7, 11) is 0. The zero-order valence-electron chi connectivity index (χ0n) is 11.7. The number of fused-ring (bicyclic) bond motifs is 1. The van der Waals surface area contributed by atoms with E-state index in [4.69, 9.17) is 10.5 Å². The number of carbonyl (C=O) groups is 2. The molecule has 1 aromatic heterocycles. The molecular formula is C13H18N2O4S. The molecule has 0 bridgehead atoms. The van der Waals surface area contributed by atoms with Crippen LogP contribution in [-0.4, -0.2) is 34.2 Å². The highest BCUT2D eigenvalue weighted by atomic mass is 32.1. The van der Waals surface area contributed by atoms with E-state index in [1.165, 1.54) is 16.2 Å². The normalized spacial score (nSPS) is 14.8. The lowest BCUT2D eigenvalue weighted by Gasteiger charge is -2.30.